The highest BCUT2D eigenvalue weighted by molar-refractivity contribution is 6.00. The highest BCUT2D eigenvalue weighted by Gasteiger charge is 2.32. The second-order valence-electron chi connectivity index (χ2n) is 4.26. The SMILES string of the molecule is CCC1Oc2ccc(C)cc2N(CCN)C1=O. The Labute approximate surface area is 101 Å². The predicted molar refractivity (Wildman–Crippen MR) is 67.3 cm³/mol. The fraction of sp³-hybridized carbons (Fsp3) is 0.462. The number of benzene rings is 1. The molecule has 1 atom stereocenters. The van der Waals surface area contributed by atoms with Crippen LogP contribution in [0.3, 0.4) is 0 Å². The van der Waals surface area contributed by atoms with Crippen LogP contribution in [0.25, 0.3) is 0 Å². The number of carbonyl (C=O) groups excluding carboxylic acids is 1. The van der Waals surface area contributed by atoms with E-state index in [1.54, 1.807) is 4.90 Å². The quantitative estimate of drug-likeness (QED) is 0.861. The molecule has 2 rings (SSSR count). The Balaban J connectivity index is 2.43. The molecular weight excluding hydrogens is 216 g/mol. The van der Waals surface area contributed by atoms with Crippen LogP contribution >= 0.6 is 0 Å². The van der Waals surface area contributed by atoms with Gasteiger partial charge in [-0.2, -0.15) is 0 Å². The van der Waals surface area contributed by atoms with E-state index in [9.17, 15) is 4.79 Å². The summed E-state index contributed by atoms with van der Waals surface area (Å²) in [4.78, 5) is 13.9. The molecule has 1 aliphatic heterocycles. The first-order valence-corrected chi connectivity index (χ1v) is 5.96. The van der Waals surface area contributed by atoms with Gasteiger partial charge in [0.05, 0.1) is 5.69 Å². The van der Waals surface area contributed by atoms with Crippen molar-refractivity contribution in [3.8, 4) is 5.75 Å². The summed E-state index contributed by atoms with van der Waals surface area (Å²) in [6.45, 7) is 4.93. The lowest BCUT2D eigenvalue weighted by molar-refractivity contribution is -0.126. The summed E-state index contributed by atoms with van der Waals surface area (Å²) >= 11 is 0. The molecule has 1 aromatic rings. The van der Waals surface area contributed by atoms with Crippen molar-refractivity contribution in [3.05, 3.63) is 23.8 Å². The van der Waals surface area contributed by atoms with Gasteiger partial charge in [-0.1, -0.05) is 13.0 Å². The van der Waals surface area contributed by atoms with Crippen molar-refractivity contribution in [3.63, 3.8) is 0 Å². The Morgan fingerprint density at radius 2 is 2.24 bits per heavy atom. The third kappa shape index (κ3) is 2.13. The predicted octanol–water partition coefficient (Wildman–Crippen LogP) is 1.46. The second kappa shape index (κ2) is 4.75. The normalized spacial score (nSPS) is 18.9. The van der Waals surface area contributed by atoms with Crippen molar-refractivity contribution in [2.75, 3.05) is 18.0 Å². The van der Waals surface area contributed by atoms with E-state index in [1.165, 1.54) is 0 Å². The fourth-order valence-corrected chi connectivity index (χ4v) is 2.05. The van der Waals surface area contributed by atoms with E-state index in [0.717, 1.165) is 17.0 Å². The van der Waals surface area contributed by atoms with Gasteiger partial charge in [-0.15, -0.1) is 0 Å². The third-order valence-electron chi connectivity index (χ3n) is 2.94. The van der Waals surface area contributed by atoms with E-state index >= 15 is 0 Å². The minimum atomic E-state index is -0.378. The van der Waals surface area contributed by atoms with Crippen molar-refractivity contribution in [1.29, 1.82) is 0 Å². The molecule has 17 heavy (non-hydrogen) atoms. The average molecular weight is 234 g/mol. The zero-order valence-electron chi connectivity index (χ0n) is 10.3. The first-order chi connectivity index (χ1) is 8.17. The highest BCUT2D eigenvalue weighted by atomic mass is 16.5. The zero-order chi connectivity index (χ0) is 12.4. The first-order valence-electron chi connectivity index (χ1n) is 5.96. The molecule has 2 N–H and O–H groups in total. The minimum absolute atomic E-state index is 0.0102. The van der Waals surface area contributed by atoms with Crippen LogP contribution in [0.5, 0.6) is 5.75 Å². The number of anilines is 1. The van der Waals surface area contributed by atoms with Gasteiger partial charge in [-0.05, 0) is 31.0 Å². The molecule has 1 heterocycles. The maximum Gasteiger partial charge on any atom is 0.268 e. The van der Waals surface area contributed by atoms with Gasteiger partial charge >= 0.3 is 0 Å². The number of aryl methyl sites for hydroxylation is 1. The maximum absolute atomic E-state index is 12.2. The summed E-state index contributed by atoms with van der Waals surface area (Å²) in [6, 6.07) is 5.88. The number of rotatable bonds is 3. The van der Waals surface area contributed by atoms with Crippen molar-refractivity contribution in [1.82, 2.24) is 0 Å². The van der Waals surface area contributed by atoms with Crippen molar-refractivity contribution in [2.45, 2.75) is 26.4 Å². The molecule has 4 heteroatoms. The van der Waals surface area contributed by atoms with Gasteiger partial charge in [-0.25, -0.2) is 0 Å². The summed E-state index contributed by atoms with van der Waals surface area (Å²) in [5, 5.41) is 0. The monoisotopic (exact) mass is 234 g/mol. The molecule has 1 aromatic carbocycles. The second-order valence-corrected chi connectivity index (χ2v) is 4.26. The molecule has 0 saturated heterocycles. The number of nitrogens with two attached hydrogens (primary N) is 1. The number of hydrogen-bond donors (Lipinski definition) is 1. The lowest BCUT2D eigenvalue weighted by Gasteiger charge is -2.34. The smallest absolute Gasteiger partial charge is 0.268 e. The molecular formula is C13H18N2O2. The Morgan fingerprint density at radius 3 is 2.88 bits per heavy atom. The summed E-state index contributed by atoms with van der Waals surface area (Å²) in [7, 11) is 0. The molecule has 0 aromatic heterocycles. The van der Waals surface area contributed by atoms with Gasteiger partial charge in [0.25, 0.3) is 5.91 Å². The summed E-state index contributed by atoms with van der Waals surface area (Å²) < 4.78 is 5.69. The fourth-order valence-electron chi connectivity index (χ4n) is 2.05. The lowest BCUT2D eigenvalue weighted by Crippen LogP contribution is -2.47. The molecule has 0 bridgehead atoms. The molecule has 0 fully saturated rings. The molecule has 1 aliphatic rings. The topological polar surface area (TPSA) is 55.6 Å². The van der Waals surface area contributed by atoms with E-state index in [2.05, 4.69) is 0 Å². The lowest BCUT2D eigenvalue weighted by atomic mass is 10.1. The standard InChI is InChI=1S/C13H18N2O2/c1-3-11-13(16)15(7-6-14)10-8-9(2)4-5-12(10)17-11/h4-5,8,11H,3,6-7,14H2,1-2H3. The van der Waals surface area contributed by atoms with Crippen molar-refractivity contribution < 1.29 is 9.53 Å². The molecule has 4 nitrogen and oxygen atoms in total. The number of hydrogen-bond acceptors (Lipinski definition) is 3. The molecule has 92 valence electrons. The zero-order valence-corrected chi connectivity index (χ0v) is 10.3. The molecule has 1 amide bonds. The Hall–Kier alpha value is -1.55. The highest BCUT2D eigenvalue weighted by Crippen LogP contribution is 2.35. The van der Waals surface area contributed by atoms with Gasteiger partial charge in [0.15, 0.2) is 6.10 Å². The van der Waals surface area contributed by atoms with Crippen molar-refractivity contribution in [2.24, 2.45) is 5.73 Å². The van der Waals surface area contributed by atoms with Gasteiger partial charge in [0, 0.05) is 13.1 Å². The van der Waals surface area contributed by atoms with Crippen LogP contribution in [0.15, 0.2) is 18.2 Å². The average Bonchev–Trinajstić information content (AvgIpc) is 2.33. The van der Waals surface area contributed by atoms with Gasteiger partial charge < -0.3 is 15.4 Å². The summed E-state index contributed by atoms with van der Waals surface area (Å²) in [6.07, 6.45) is 0.296. The van der Waals surface area contributed by atoms with E-state index < -0.39 is 0 Å². The van der Waals surface area contributed by atoms with Crippen LogP contribution in [0.2, 0.25) is 0 Å². The summed E-state index contributed by atoms with van der Waals surface area (Å²) in [5.74, 6) is 0.784. The van der Waals surface area contributed by atoms with Crippen LogP contribution in [0, 0.1) is 6.92 Å². The Bertz CT molecular complexity index is 431. The third-order valence-corrected chi connectivity index (χ3v) is 2.94. The number of fused-ring (bicyclic) bond motifs is 1. The number of amides is 1. The van der Waals surface area contributed by atoms with E-state index in [0.29, 0.717) is 19.5 Å². The van der Waals surface area contributed by atoms with Crippen LogP contribution in [-0.2, 0) is 4.79 Å². The van der Waals surface area contributed by atoms with Gasteiger partial charge in [0.1, 0.15) is 5.75 Å². The van der Waals surface area contributed by atoms with Crippen LogP contribution in [0.1, 0.15) is 18.9 Å². The van der Waals surface area contributed by atoms with Crippen LogP contribution in [-0.4, -0.2) is 25.1 Å². The van der Waals surface area contributed by atoms with Crippen molar-refractivity contribution >= 4 is 11.6 Å². The Morgan fingerprint density at radius 1 is 1.47 bits per heavy atom. The number of carbonyl (C=O) groups is 1. The number of nitrogens with zero attached hydrogens (tertiary/aromatic N) is 1. The molecule has 0 radical (unpaired) electrons. The van der Waals surface area contributed by atoms with Gasteiger partial charge in [0.2, 0.25) is 0 Å². The molecule has 0 aliphatic carbocycles. The number of ether oxygens (including phenoxy) is 1. The first kappa shape index (κ1) is 11.9. The molecule has 0 spiro atoms. The maximum atomic E-state index is 12.2. The largest absolute Gasteiger partial charge is 0.478 e. The van der Waals surface area contributed by atoms with E-state index in [-0.39, 0.29) is 12.0 Å². The summed E-state index contributed by atoms with van der Waals surface area (Å²) in [5.41, 5.74) is 7.52. The molecule has 0 saturated carbocycles. The molecule has 1 unspecified atom stereocenters. The van der Waals surface area contributed by atoms with Crippen LogP contribution < -0.4 is 15.4 Å². The van der Waals surface area contributed by atoms with Crippen LogP contribution in [0.4, 0.5) is 5.69 Å². The van der Waals surface area contributed by atoms with E-state index in [1.807, 2.05) is 32.0 Å². The van der Waals surface area contributed by atoms with E-state index in [4.69, 9.17) is 10.5 Å². The Kier molecular flexibility index (Phi) is 3.33. The minimum Gasteiger partial charge on any atom is -0.478 e. The van der Waals surface area contributed by atoms with Gasteiger partial charge in [-0.3, -0.25) is 4.79 Å².